The summed E-state index contributed by atoms with van der Waals surface area (Å²) in [4.78, 5) is 1.35. The van der Waals surface area contributed by atoms with E-state index in [-0.39, 0.29) is 0 Å². The van der Waals surface area contributed by atoms with Gasteiger partial charge in [0.05, 0.1) is 0 Å². The van der Waals surface area contributed by atoms with Crippen LogP contribution in [0.25, 0.3) is 21.6 Å². The number of benzene rings is 1. The van der Waals surface area contributed by atoms with Gasteiger partial charge in [-0.3, -0.25) is 0 Å². The van der Waals surface area contributed by atoms with Gasteiger partial charge in [-0.2, -0.15) is 0 Å². The van der Waals surface area contributed by atoms with Crippen LogP contribution in [-0.4, -0.2) is 0 Å². The molecule has 3 aromatic rings. The molecule has 17 heavy (non-hydrogen) atoms. The SMILES string of the molecule is c1ccc(-c2cpcc(-c3cccs3)c2)cc1. The molecule has 0 aliphatic rings. The summed E-state index contributed by atoms with van der Waals surface area (Å²) in [6, 6.07) is 17.1. The zero-order valence-corrected chi connectivity index (χ0v) is 10.9. The molecule has 0 bridgehead atoms. The molecule has 0 radical (unpaired) electrons. The highest BCUT2D eigenvalue weighted by atomic mass is 32.1. The van der Waals surface area contributed by atoms with Crippen LogP contribution in [0.5, 0.6) is 0 Å². The van der Waals surface area contributed by atoms with E-state index in [0.29, 0.717) is 0 Å². The Kier molecular flexibility index (Phi) is 3.04. The van der Waals surface area contributed by atoms with Crippen molar-refractivity contribution < 1.29 is 0 Å². The van der Waals surface area contributed by atoms with E-state index in [2.05, 4.69) is 65.5 Å². The van der Waals surface area contributed by atoms with E-state index in [1.54, 1.807) is 11.3 Å². The number of thiophene rings is 1. The largest absolute Gasteiger partial charge is 0.144 e. The van der Waals surface area contributed by atoms with Gasteiger partial charge in [-0.25, -0.2) is 0 Å². The van der Waals surface area contributed by atoms with Crippen LogP contribution in [0.15, 0.2) is 65.5 Å². The lowest BCUT2D eigenvalue weighted by molar-refractivity contribution is 1.66. The predicted octanol–water partition coefficient (Wildman–Crippen LogP) is 5.66. The Hall–Kier alpha value is -1.43. The van der Waals surface area contributed by atoms with Crippen LogP contribution >= 0.6 is 19.5 Å². The molecule has 0 fully saturated rings. The van der Waals surface area contributed by atoms with Crippen molar-refractivity contribution in [1.29, 1.82) is 0 Å². The van der Waals surface area contributed by atoms with Gasteiger partial charge < -0.3 is 0 Å². The second-order valence-corrected chi connectivity index (χ2v) is 5.57. The van der Waals surface area contributed by atoms with E-state index < -0.39 is 0 Å². The van der Waals surface area contributed by atoms with E-state index >= 15 is 0 Å². The average molecular weight is 254 g/mol. The van der Waals surface area contributed by atoms with Gasteiger partial charge >= 0.3 is 0 Å². The van der Waals surface area contributed by atoms with E-state index in [1.807, 2.05) is 0 Å². The van der Waals surface area contributed by atoms with Crippen LogP contribution in [0.3, 0.4) is 0 Å². The first-order chi connectivity index (χ1) is 8.43. The second kappa shape index (κ2) is 4.83. The highest BCUT2D eigenvalue weighted by molar-refractivity contribution is 7.28. The Balaban J connectivity index is 2.06. The third-order valence-electron chi connectivity index (χ3n) is 2.65. The van der Waals surface area contributed by atoms with Crippen LogP contribution in [0.1, 0.15) is 0 Å². The van der Waals surface area contributed by atoms with Crippen molar-refractivity contribution in [2.45, 2.75) is 0 Å². The average Bonchev–Trinajstić information content (AvgIpc) is 2.94. The van der Waals surface area contributed by atoms with Crippen molar-refractivity contribution in [3.63, 3.8) is 0 Å². The Morgan fingerprint density at radius 2 is 1.59 bits per heavy atom. The molecule has 1 aromatic carbocycles. The van der Waals surface area contributed by atoms with Gasteiger partial charge in [-0.05, 0) is 45.8 Å². The maximum Gasteiger partial charge on any atom is 0.0346 e. The molecule has 2 heterocycles. The van der Waals surface area contributed by atoms with Crippen molar-refractivity contribution >= 4 is 19.5 Å². The Labute approximate surface area is 107 Å². The van der Waals surface area contributed by atoms with E-state index in [9.17, 15) is 0 Å². The first-order valence-corrected chi connectivity index (χ1v) is 7.39. The Morgan fingerprint density at radius 1 is 0.765 bits per heavy atom. The van der Waals surface area contributed by atoms with Gasteiger partial charge in [-0.15, -0.1) is 11.3 Å². The molecule has 82 valence electrons. The fourth-order valence-electron chi connectivity index (χ4n) is 1.81. The van der Waals surface area contributed by atoms with Crippen LogP contribution in [-0.2, 0) is 0 Å². The highest BCUT2D eigenvalue weighted by Gasteiger charge is 2.01. The zero-order valence-electron chi connectivity index (χ0n) is 9.21. The molecule has 0 amide bonds. The molecule has 3 rings (SSSR count). The monoisotopic (exact) mass is 254 g/mol. The normalized spacial score (nSPS) is 10.8. The summed E-state index contributed by atoms with van der Waals surface area (Å²) in [5, 5.41) is 2.13. The molecule has 0 unspecified atom stereocenters. The summed E-state index contributed by atoms with van der Waals surface area (Å²) in [7, 11) is 1.27. The molecular weight excluding hydrogens is 243 g/mol. The molecule has 2 heteroatoms. The number of rotatable bonds is 2. The van der Waals surface area contributed by atoms with Crippen LogP contribution in [0.4, 0.5) is 0 Å². The van der Waals surface area contributed by atoms with Crippen molar-refractivity contribution in [3.05, 3.63) is 65.5 Å². The molecule has 0 atom stereocenters. The molecule has 0 saturated heterocycles. The first-order valence-electron chi connectivity index (χ1n) is 5.48. The summed E-state index contributed by atoms with van der Waals surface area (Å²) in [6.07, 6.45) is 0. The zero-order chi connectivity index (χ0) is 11.5. The minimum Gasteiger partial charge on any atom is -0.144 e. The summed E-state index contributed by atoms with van der Waals surface area (Å²) in [5.41, 5.74) is 3.95. The predicted molar refractivity (Wildman–Crippen MR) is 77.7 cm³/mol. The maximum absolute atomic E-state index is 2.28. The molecule has 2 aromatic heterocycles. The molecule has 0 N–H and O–H groups in total. The van der Waals surface area contributed by atoms with Crippen molar-refractivity contribution in [1.82, 2.24) is 0 Å². The van der Waals surface area contributed by atoms with Crippen LogP contribution < -0.4 is 0 Å². The van der Waals surface area contributed by atoms with Gasteiger partial charge in [-0.1, -0.05) is 44.6 Å². The van der Waals surface area contributed by atoms with Gasteiger partial charge in [0.25, 0.3) is 0 Å². The minimum absolute atomic E-state index is 1.27. The van der Waals surface area contributed by atoms with Gasteiger partial charge in [0.15, 0.2) is 0 Å². The molecule has 0 aliphatic heterocycles. The smallest absolute Gasteiger partial charge is 0.0346 e. The lowest BCUT2D eigenvalue weighted by atomic mass is 10.1. The van der Waals surface area contributed by atoms with Crippen LogP contribution in [0, 0.1) is 0 Å². The topological polar surface area (TPSA) is 0 Å². The third kappa shape index (κ3) is 2.31. The van der Waals surface area contributed by atoms with Crippen molar-refractivity contribution in [2.24, 2.45) is 0 Å². The van der Waals surface area contributed by atoms with E-state index in [0.717, 1.165) is 0 Å². The Morgan fingerprint density at radius 3 is 2.35 bits per heavy atom. The number of hydrogen-bond donors (Lipinski definition) is 0. The van der Waals surface area contributed by atoms with Crippen molar-refractivity contribution in [3.8, 4) is 21.6 Å². The lowest BCUT2D eigenvalue weighted by Gasteiger charge is -2.03. The lowest BCUT2D eigenvalue weighted by Crippen LogP contribution is -1.76. The first kappa shape index (κ1) is 10.7. The summed E-state index contributed by atoms with van der Waals surface area (Å²) in [6.45, 7) is 0. The highest BCUT2D eigenvalue weighted by Crippen LogP contribution is 2.32. The summed E-state index contributed by atoms with van der Waals surface area (Å²) < 4.78 is 0. The summed E-state index contributed by atoms with van der Waals surface area (Å²) >= 11 is 1.80. The molecule has 0 spiro atoms. The summed E-state index contributed by atoms with van der Waals surface area (Å²) in [5.74, 6) is 4.52. The number of hydrogen-bond acceptors (Lipinski definition) is 1. The Bertz CT molecular complexity index is 600. The molecule has 0 nitrogen and oxygen atoms in total. The quantitative estimate of drug-likeness (QED) is 0.553. The van der Waals surface area contributed by atoms with E-state index in [4.69, 9.17) is 0 Å². The molecule has 0 saturated carbocycles. The van der Waals surface area contributed by atoms with Crippen LogP contribution in [0.2, 0.25) is 0 Å². The van der Waals surface area contributed by atoms with Gasteiger partial charge in [0.2, 0.25) is 0 Å². The standard InChI is InChI=1S/C15H11PS/c1-2-5-12(6-3-1)13-9-14(11-16-10-13)15-7-4-8-17-15/h1-11H. The van der Waals surface area contributed by atoms with Gasteiger partial charge in [0.1, 0.15) is 0 Å². The van der Waals surface area contributed by atoms with Crippen molar-refractivity contribution in [2.75, 3.05) is 0 Å². The minimum atomic E-state index is 1.27. The van der Waals surface area contributed by atoms with Gasteiger partial charge in [0, 0.05) is 4.88 Å². The molecular formula is C15H11PS. The fourth-order valence-corrected chi connectivity index (χ4v) is 3.44. The fraction of sp³-hybridized carbons (Fsp3) is 0. The molecule has 0 aliphatic carbocycles. The van der Waals surface area contributed by atoms with E-state index in [1.165, 1.54) is 29.8 Å². The third-order valence-corrected chi connectivity index (χ3v) is 4.42. The second-order valence-electron chi connectivity index (χ2n) is 3.81. The maximum atomic E-state index is 2.28.